The van der Waals surface area contributed by atoms with Crippen LogP contribution in [0.4, 0.5) is 0 Å². The number of methoxy groups -OCH3 is 2. The normalized spacial score (nSPS) is 9.22. The first-order chi connectivity index (χ1) is 11.0. The van der Waals surface area contributed by atoms with Crippen LogP contribution < -0.4 is 14.2 Å². The first-order valence-corrected chi connectivity index (χ1v) is 7.03. The maximum absolute atomic E-state index is 10.4. The molecule has 7 heteroatoms. The summed E-state index contributed by atoms with van der Waals surface area (Å²) < 4.78 is 14.4. The maximum atomic E-state index is 10.4. The van der Waals surface area contributed by atoms with Gasteiger partial charge in [-0.25, -0.2) is 0 Å². The van der Waals surface area contributed by atoms with Gasteiger partial charge in [0.1, 0.15) is 5.75 Å². The number of carbonyl (C=O) groups excluding carboxylic acids is 2. The molecule has 23 heavy (non-hydrogen) atoms. The van der Waals surface area contributed by atoms with Gasteiger partial charge in [0, 0.05) is 16.1 Å². The molecule has 2 aromatic rings. The molecule has 2 aromatic carbocycles. The molecular weight excluding hydrogens is 343 g/mol. The minimum absolute atomic E-state index is 0.319. The van der Waals surface area contributed by atoms with Crippen molar-refractivity contribution in [1.82, 2.24) is 0 Å². The number of rotatable bonds is 5. The summed E-state index contributed by atoms with van der Waals surface area (Å²) in [5.74, 6) is 1.34. The average Bonchev–Trinajstić information content (AvgIpc) is 2.56. The van der Waals surface area contributed by atoms with Crippen molar-refractivity contribution in [2.24, 2.45) is 0 Å². The molecular formula is C16H14Cl2O5. The Morgan fingerprint density at radius 2 is 1.39 bits per heavy atom. The molecule has 0 aliphatic heterocycles. The second kappa shape index (κ2) is 9.71. The van der Waals surface area contributed by atoms with E-state index in [-0.39, 0.29) is 0 Å². The van der Waals surface area contributed by atoms with Gasteiger partial charge < -0.3 is 14.2 Å². The third-order valence-corrected chi connectivity index (χ3v) is 3.09. The van der Waals surface area contributed by atoms with Gasteiger partial charge in [0.25, 0.3) is 6.47 Å². The Balaban J connectivity index is 0.000000231. The van der Waals surface area contributed by atoms with E-state index in [1.807, 2.05) is 0 Å². The molecule has 2 rings (SSSR count). The van der Waals surface area contributed by atoms with Crippen LogP contribution in [0, 0.1) is 0 Å². The van der Waals surface area contributed by atoms with Gasteiger partial charge in [-0.1, -0.05) is 23.2 Å². The van der Waals surface area contributed by atoms with Crippen LogP contribution in [0.3, 0.4) is 0 Å². The Bertz CT molecular complexity index is 674. The molecule has 0 N–H and O–H groups in total. The Hall–Kier alpha value is -2.24. The van der Waals surface area contributed by atoms with Crippen LogP contribution in [0.15, 0.2) is 36.4 Å². The van der Waals surface area contributed by atoms with Crippen LogP contribution in [0.5, 0.6) is 17.2 Å². The first kappa shape index (κ1) is 18.8. The van der Waals surface area contributed by atoms with E-state index in [4.69, 9.17) is 32.7 Å². The first-order valence-electron chi connectivity index (χ1n) is 6.28. The molecule has 5 nitrogen and oxygen atoms in total. The Labute approximate surface area is 143 Å². The number of aldehydes is 1. The molecule has 122 valence electrons. The van der Waals surface area contributed by atoms with Gasteiger partial charge >= 0.3 is 0 Å². The van der Waals surface area contributed by atoms with Gasteiger partial charge in [-0.05, 0) is 30.3 Å². The maximum Gasteiger partial charge on any atom is 0.298 e. The van der Waals surface area contributed by atoms with Gasteiger partial charge in [-0.3, -0.25) is 9.59 Å². The summed E-state index contributed by atoms with van der Waals surface area (Å²) in [6, 6.07) is 9.68. The third-order valence-electron chi connectivity index (χ3n) is 2.62. The topological polar surface area (TPSA) is 61.8 Å². The Morgan fingerprint density at radius 3 is 1.91 bits per heavy atom. The third kappa shape index (κ3) is 5.81. The molecule has 0 aliphatic rings. The van der Waals surface area contributed by atoms with Crippen molar-refractivity contribution in [3.8, 4) is 17.2 Å². The average molecular weight is 357 g/mol. The number of halogens is 2. The van der Waals surface area contributed by atoms with Crippen LogP contribution in [0.2, 0.25) is 10.0 Å². The molecule has 0 atom stereocenters. The number of carbonyl (C=O) groups is 2. The molecule has 0 spiro atoms. The van der Waals surface area contributed by atoms with E-state index in [1.54, 1.807) is 30.3 Å². The molecule has 0 heterocycles. The fourth-order valence-corrected chi connectivity index (χ4v) is 1.93. The van der Waals surface area contributed by atoms with Crippen LogP contribution in [-0.2, 0) is 4.79 Å². The Kier molecular flexibility index (Phi) is 7.94. The van der Waals surface area contributed by atoms with Crippen molar-refractivity contribution in [2.45, 2.75) is 0 Å². The highest BCUT2D eigenvalue weighted by Crippen LogP contribution is 2.29. The van der Waals surface area contributed by atoms with Crippen molar-refractivity contribution in [3.63, 3.8) is 0 Å². The zero-order valence-corrected chi connectivity index (χ0v) is 13.9. The van der Waals surface area contributed by atoms with Gasteiger partial charge in [-0.15, -0.1) is 0 Å². The van der Waals surface area contributed by atoms with Crippen molar-refractivity contribution < 1.29 is 23.8 Å². The predicted molar refractivity (Wildman–Crippen MR) is 88.1 cm³/mol. The summed E-state index contributed by atoms with van der Waals surface area (Å²) in [5, 5.41) is 1.03. The van der Waals surface area contributed by atoms with E-state index < -0.39 is 0 Å². The lowest BCUT2D eigenvalue weighted by atomic mass is 10.2. The predicted octanol–water partition coefficient (Wildman–Crippen LogP) is 4.04. The van der Waals surface area contributed by atoms with E-state index in [9.17, 15) is 9.59 Å². The van der Waals surface area contributed by atoms with Gasteiger partial charge in [0.05, 0.1) is 19.8 Å². The summed E-state index contributed by atoms with van der Waals surface area (Å²) >= 11 is 11.3. The molecule has 0 aromatic heterocycles. The molecule has 0 amide bonds. The van der Waals surface area contributed by atoms with Gasteiger partial charge in [-0.2, -0.15) is 0 Å². The van der Waals surface area contributed by atoms with Crippen molar-refractivity contribution in [3.05, 3.63) is 52.0 Å². The van der Waals surface area contributed by atoms with Gasteiger partial charge in [0.15, 0.2) is 17.8 Å². The van der Waals surface area contributed by atoms with E-state index in [0.717, 1.165) is 0 Å². The lowest BCUT2D eigenvalue weighted by Gasteiger charge is -2.05. The van der Waals surface area contributed by atoms with Crippen LogP contribution in [-0.4, -0.2) is 27.0 Å². The summed E-state index contributed by atoms with van der Waals surface area (Å²) in [6.45, 7) is 0.328. The van der Waals surface area contributed by atoms with E-state index in [0.29, 0.717) is 45.6 Å². The summed E-state index contributed by atoms with van der Waals surface area (Å²) in [5.41, 5.74) is 0.472. The monoisotopic (exact) mass is 356 g/mol. The summed E-state index contributed by atoms with van der Waals surface area (Å²) in [6.07, 6.45) is 0.713. The SMILES string of the molecule is COc1ccc(Cl)cc1C=O.COc1ccc(Cl)cc1OC=O. The fraction of sp³-hybridized carbons (Fsp3) is 0.125. The van der Waals surface area contributed by atoms with Gasteiger partial charge in [0.2, 0.25) is 0 Å². The minimum atomic E-state index is 0.319. The van der Waals surface area contributed by atoms with E-state index >= 15 is 0 Å². The fourth-order valence-electron chi connectivity index (χ4n) is 1.59. The second-order valence-electron chi connectivity index (χ2n) is 4.01. The minimum Gasteiger partial charge on any atom is -0.496 e. The van der Waals surface area contributed by atoms with E-state index in [1.165, 1.54) is 20.3 Å². The molecule has 0 aliphatic carbocycles. The second-order valence-corrected chi connectivity index (χ2v) is 4.89. The smallest absolute Gasteiger partial charge is 0.298 e. The lowest BCUT2D eigenvalue weighted by Crippen LogP contribution is -1.92. The zero-order chi connectivity index (χ0) is 17.2. The highest BCUT2D eigenvalue weighted by molar-refractivity contribution is 6.31. The largest absolute Gasteiger partial charge is 0.496 e. The van der Waals surface area contributed by atoms with Crippen molar-refractivity contribution in [2.75, 3.05) is 14.2 Å². The Morgan fingerprint density at radius 1 is 0.826 bits per heavy atom. The molecule has 0 radical (unpaired) electrons. The van der Waals surface area contributed by atoms with Crippen LogP contribution in [0.1, 0.15) is 10.4 Å². The van der Waals surface area contributed by atoms with Crippen molar-refractivity contribution in [1.29, 1.82) is 0 Å². The zero-order valence-electron chi connectivity index (χ0n) is 12.4. The molecule has 0 saturated heterocycles. The number of ether oxygens (including phenoxy) is 3. The number of hydrogen-bond acceptors (Lipinski definition) is 5. The molecule has 0 unspecified atom stereocenters. The highest BCUT2D eigenvalue weighted by atomic mass is 35.5. The molecule has 0 bridgehead atoms. The van der Waals surface area contributed by atoms with Crippen LogP contribution >= 0.6 is 23.2 Å². The lowest BCUT2D eigenvalue weighted by molar-refractivity contribution is -0.120. The highest BCUT2D eigenvalue weighted by Gasteiger charge is 2.03. The number of hydrogen-bond donors (Lipinski definition) is 0. The standard InChI is InChI=1S/C8H7ClO3.C8H7ClO2/c1-11-7-3-2-6(9)4-8(7)12-5-10;1-11-8-3-2-7(9)4-6(8)5-10/h2-5H,1H3;2-5H,1H3. The quantitative estimate of drug-likeness (QED) is 0.756. The molecule has 0 fully saturated rings. The number of benzene rings is 2. The molecule has 0 saturated carbocycles. The summed E-state index contributed by atoms with van der Waals surface area (Å²) in [7, 11) is 3.00. The van der Waals surface area contributed by atoms with E-state index in [2.05, 4.69) is 4.74 Å². The summed E-state index contributed by atoms with van der Waals surface area (Å²) in [4.78, 5) is 20.4. The van der Waals surface area contributed by atoms with Crippen molar-refractivity contribution >= 4 is 36.0 Å². The van der Waals surface area contributed by atoms with Crippen LogP contribution in [0.25, 0.3) is 0 Å².